The topological polar surface area (TPSA) is 73.1 Å². The Morgan fingerprint density at radius 2 is 1.78 bits per heavy atom. The highest BCUT2D eigenvalue weighted by atomic mass is 16.5. The zero-order chi connectivity index (χ0) is 30.6. The minimum atomic E-state index is -0.000949. The quantitative estimate of drug-likeness (QED) is 0.231. The van der Waals surface area contributed by atoms with Crippen molar-refractivity contribution in [3.63, 3.8) is 0 Å². The fourth-order valence-electron chi connectivity index (χ4n) is 7.13. The van der Waals surface area contributed by atoms with E-state index in [1.54, 1.807) is 0 Å². The maximum atomic E-state index is 14.1. The molecule has 0 unspecified atom stereocenters. The molecule has 2 fully saturated rings. The molecule has 3 aromatic carbocycles. The Kier molecular flexibility index (Phi) is 9.05. The van der Waals surface area contributed by atoms with Gasteiger partial charge in [0.1, 0.15) is 5.75 Å². The lowest BCUT2D eigenvalue weighted by atomic mass is 10.0. The number of morpholine rings is 1. The number of carbonyl (C=O) groups excluding carboxylic acids is 1. The second-order valence-electron chi connectivity index (χ2n) is 12.7. The second-order valence-corrected chi connectivity index (χ2v) is 12.7. The van der Waals surface area contributed by atoms with Gasteiger partial charge in [-0.3, -0.25) is 9.69 Å². The molecular formula is C37H45N5O3. The monoisotopic (exact) mass is 607 g/mol. The molecule has 2 saturated heterocycles. The number of piperidine rings is 1. The van der Waals surface area contributed by atoms with E-state index in [1.807, 2.05) is 41.4 Å². The first-order valence-electron chi connectivity index (χ1n) is 16.7. The number of nitrogens with one attached hydrogen (secondary N) is 2. The number of amides is 1. The van der Waals surface area contributed by atoms with Crippen LogP contribution in [-0.2, 0) is 4.74 Å². The summed E-state index contributed by atoms with van der Waals surface area (Å²) in [6, 6.07) is 23.5. The molecule has 1 aromatic heterocycles. The van der Waals surface area contributed by atoms with Crippen molar-refractivity contribution in [2.24, 2.45) is 0 Å². The highest BCUT2D eigenvalue weighted by molar-refractivity contribution is 6.08. The van der Waals surface area contributed by atoms with Crippen LogP contribution in [-0.4, -0.2) is 91.9 Å². The number of hydrogen-bond donors (Lipinski definition) is 2. The van der Waals surface area contributed by atoms with Crippen LogP contribution in [0.3, 0.4) is 0 Å². The predicted octanol–water partition coefficient (Wildman–Crippen LogP) is 6.25. The molecule has 0 aliphatic carbocycles. The van der Waals surface area contributed by atoms with Crippen molar-refractivity contribution in [3.8, 4) is 16.9 Å². The van der Waals surface area contributed by atoms with E-state index in [9.17, 15) is 4.79 Å². The molecular weight excluding hydrogens is 562 g/mol. The lowest BCUT2D eigenvalue weighted by molar-refractivity contribution is 0.000619. The van der Waals surface area contributed by atoms with E-state index in [-0.39, 0.29) is 5.91 Å². The maximum Gasteiger partial charge on any atom is 0.258 e. The van der Waals surface area contributed by atoms with Gasteiger partial charge >= 0.3 is 0 Å². The molecule has 45 heavy (non-hydrogen) atoms. The van der Waals surface area contributed by atoms with Crippen molar-refractivity contribution in [2.45, 2.75) is 44.7 Å². The van der Waals surface area contributed by atoms with Gasteiger partial charge in [0.25, 0.3) is 5.91 Å². The van der Waals surface area contributed by atoms with Crippen LogP contribution in [0.5, 0.6) is 5.75 Å². The Hall–Kier alpha value is -3.85. The van der Waals surface area contributed by atoms with Crippen LogP contribution < -0.4 is 15.0 Å². The van der Waals surface area contributed by atoms with Gasteiger partial charge in [0.2, 0.25) is 0 Å². The number of nitrogens with zero attached hydrogens (tertiary/aromatic N) is 3. The molecule has 2 N–H and O–H groups in total. The predicted molar refractivity (Wildman–Crippen MR) is 182 cm³/mol. The second kappa shape index (κ2) is 13.6. The molecule has 8 nitrogen and oxygen atoms in total. The Morgan fingerprint density at radius 1 is 0.933 bits per heavy atom. The number of anilines is 2. The van der Waals surface area contributed by atoms with E-state index in [0.29, 0.717) is 30.8 Å². The summed E-state index contributed by atoms with van der Waals surface area (Å²) in [7, 11) is 0. The Balaban J connectivity index is 1.06. The smallest absolute Gasteiger partial charge is 0.258 e. The lowest BCUT2D eigenvalue weighted by Gasteiger charge is -2.40. The third-order valence-electron chi connectivity index (χ3n) is 9.72. The summed E-state index contributed by atoms with van der Waals surface area (Å²) in [5, 5.41) is 4.72. The summed E-state index contributed by atoms with van der Waals surface area (Å²) in [5.74, 6) is 0.760. The van der Waals surface area contributed by atoms with Gasteiger partial charge in [0.05, 0.1) is 31.2 Å². The largest absolute Gasteiger partial charge is 0.493 e. The molecule has 236 valence electrons. The third kappa shape index (κ3) is 6.73. The van der Waals surface area contributed by atoms with Crippen molar-refractivity contribution in [1.82, 2.24) is 14.8 Å². The molecule has 3 aliphatic rings. The number of aromatic nitrogens is 1. The minimum absolute atomic E-state index is 0.000949. The van der Waals surface area contributed by atoms with Crippen LogP contribution in [0, 0.1) is 0 Å². The number of rotatable bonds is 8. The summed E-state index contributed by atoms with van der Waals surface area (Å²) in [4.78, 5) is 24.5. The number of likely N-dealkylation sites (tertiary alicyclic amines) is 1. The van der Waals surface area contributed by atoms with Gasteiger partial charge in [-0.15, -0.1) is 0 Å². The summed E-state index contributed by atoms with van der Waals surface area (Å²) in [6.07, 6.45) is 6.24. The van der Waals surface area contributed by atoms with Crippen LogP contribution in [0.2, 0.25) is 0 Å². The molecule has 3 aliphatic heterocycles. The fourth-order valence-corrected chi connectivity index (χ4v) is 7.13. The first-order valence-corrected chi connectivity index (χ1v) is 16.7. The summed E-state index contributed by atoms with van der Waals surface area (Å²) in [6.45, 7) is 10.6. The van der Waals surface area contributed by atoms with Crippen LogP contribution in [0.25, 0.3) is 22.0 Å². The zero-order valence-corrected chi connectivity index (χ0v) is 26.3. The van der Waals surface area contributed by atoms with Gasteiger partial charge in [-0.05, 0) is 105 Å². The maximum absolute atomic E-state index is 14.1. The summed E-state index contributed by atoms with van der Waals surface area (Å²) < 4.78 is 12.1. The number of fused-ring (bicyclic) bond motifs is 2. The number of ether oxygens (including phenoxy) is 2. The lowest BCUT2D eigenvalue weighted by Crippen LogP contribution is -2.49. The normalized spacial score (nSPS) is 20.0. The Morgan fingerprint density at radius 3 is 2.64 bits per heavy atom. The third-order valence-corrected chi connectivity index (χ3v) is 9.72. The molecule has 0 bridgehead atoms. The van der Waals surface area contributed by atoms with Crippen LogP contribution in [0.1, 0.15) is 43.0 Å². The average Bonchev–Trinajstić information content (AvgIpc) is 3.49. The van der Waals surface area contributed by atoms with Crippen LogP contribution >= 0.6 is 0 Å². The van der Waals surface area contributed by atoms with Gasteiger partial charge in [0, 0.05) is 61.1 Å². The van der Waals surface area contributed by atoms with Crippen molar-refractivity contribution < 1.29 is 14.3 Å². The summed E-state index contributed by atoms with van der Waals surface area (Å²) >= 11 is 0. The number of para-hydroxylation sites is 2. The van der Waals surface area contributed by atoms with E-state index in [0.717, 1.165) is 97.9 Å². The fraction of sp³-hybridized carbons (Fsp3) is 0.432. The highest BCUT2D eigenvalue weighted by Gasteiger charge is 2.27. The van der Waals surface area contributed by atoms with Gasteiger partial charge in [-0.2, -0.15) is 0 Å². The van der Waals surface area contributed by atoms with E-state index >= 15 is 0 Å². The van der Waals surface area contributed by atoms with E-state index < -0.39 is 0 Å². The van der Waals surface area contributed by atoms with Crippen molar-refractivity contribution in [1.29, 1.82) is 0 Å². The molecule has 0 spiro atoms. The Bertz CT molecular complexity index is 1600. The zero-order valence-electron chi connectivity index (χ0n) is 26.3. The SMILES string of the molecule is C[C@H]1CCN(C(=O)c2ccc(-c3ccc4[nH]ccc4c3)c(OCCCN3CCC(N4CCOCC4)CC3)c2)c2ccccc2N1. The number of H-pyrrole nitrogens is 1. The van der Waals surface area contributed by atoms with Gasteiger partial charge in [0.15, 0.2) is 0 Å². The number of carbonyl (C=O) groups is 1. The Labute approximate surface area is 266 Å². The molecule has 8 heteroatoms. The summed E-state index contributed by atoms with van der Waals surface area (Å²) in [5.41, 5.74) is 5.76. The highest BCUT2D eigenvalue weighted by Crippen LogP contribution is 2.35. The van der Waals surface area contributed by atoms with Gasteiger partial charge < -0.3 is 29.6 Å². The average molecular weight is 608 g/mol. The molecule has 0 saturated carbocycles. The van der Waals surface area contributed by atoms with Gasteiger partial charge in [-0.1, -0.05) is 18.2 Å². The van der Waals surface area contributed by atoms with Crippen molar-refractivity contribution in [3.05, 3.63) is 78.5 Å². The van der Waals surface area contributed by atoms with Crippen molar-refractivity contribution in [2.75, 3.05) is 69.3 Å². The molecule has 7 rings (SSSR count). The number of aromatic amines is 1. The minimum Gasteiger partial charge on any atom is -0.493 e. The molecule has 0 radical (unpaired) electrons. The number of hydrogen-bond acceptors (Lipinski definition) is 6. The van der Waals surface area contributed by atoms with Gasteiger partial charge in [-0.25, -0.2) is 0 Å². The first-order chi connectivity index (χ1) is 22.1. The molecule has 4 aromatic rings. The first kappa shape index (κ1) is 29.8. The molecule has 1 atom stereocenters. The van der Waals surface area contributed by atoms with E-state index in [1.165, 1.54) is 12.8 Å². The molecule has 1 amide bonds. The van der Waals surface area contributed by atoms with Crippen LogP contribution in [0.4, 0.5) is 11.4 Å². The standard InChI is InChI=1S/C37H45N5O3/c1-27-12-19-42(35-6-3-2-5-34(35)39-27)37(43)30-7-9-32(28-8-10-33-29(25-28)11-15-38-33)36(26-30)45-22-4-16-40-17-13-31(14-18-40)41-20-23-44-24-21-41/h2-3,5-11,15,25-27,31,38-39H,4,12-14,16-24H2,1H3/t27-/m0/s1. The number of benzene rings is 3. The van der Waals surface area contributed by atoms with E-state index in [2.05, 4.69) is 63.4 Å². The van der Waals surface area contributed by atoms with E-state index in [4.69, 9.17) is 9.47 Å². The van der Waals surface area contributed by atoms with Crippen LogP contribution in [0.15, 0.2) is 72.9 Å². The molecule has 4 heterocycles. The van der Waals surface area contributed by atoms with Crippen molar-refractivity contribution >= 4 is 28.2 Å².